The highest BCUT2D eigenvalue weighted by atomic mass is 35.5. The summed E-state index contributed by atoms with van der Waals surface area (Å²) < 4.78 is 4.88. The minimum absolute atomic E-state index is 0.443. The van der Waals surface area contributed by atoms with Gasteiger partial charge in [-0.3, -0.25) is 4.90 Å². The number of hydrogen-bond donors (Lipinski definition) is 1. The van der Waals surface area contributed by atoms with Crippen molar-refractivity contribution in [3.8, 4) is 0 Å². The van der Waals surface area contributed by atoms with Gasteiger partial charge in [0.25, 0.3) is 0 Å². The fourth-order valence-electron chi connectivity index (χ4n) is 2.44. The first-order valence-electron chi connectivity index (χ1n) is 7.77. The van der Waals surface area contributed by atoms with Crippen LogP contribution in [0.3, 0.4) is 0 Å². The summed E-state index contributed by atoms with van der Waals surface area (Å²) in [6.07, 6.45) is 0. The Hall–Kier alpha value is -2.53. The van der Waals surface area contributed by atoms with Gasteiger partial charge in [0.1, 0.15) is 5.54 Å². The van der Waals surface area contributed by atoms with Crippen molar-refractivity contribution in [1.29, 1.82) is 0 Å². The number of esters is 1. The van der Waals surface area contributed by atoms with E-state index >= 15 is 0 Å². The van der Waals surface area contributed by atoms with Gasteiger partial charge in [-0.2, -0.15) is 0 Å². The molecule has 5 nitrogen and oxygen atoms in total. The summed E-state index contributed by atoms with van der Waals surface area (Å²) in [5.74, 6) is -0.515. The monoisotopic (exact) mass is 360 g/mol. The number of carbonyl (C=O) groups is 2. The van der Waals surface area contributed by atoms with E-state index in [1.165, 1.54) is 12.0 Å². The molecule has 132 valence electrons. The van der Waals surface area contributed by atoms with E-state index in [9.17, 15) is 9.59 Å². The molecule has 6 heteroatoms. The van der Waals surface area contributed by atoms with Gasteiger partial charge < -0.3 is 10.1 Å². The van der Waals surface area contributed by atoms with E-state index < -0.39 is 17.5 Å². The summed E-state index contributed by atoms with van der Waals surface area (Å²) in [5.41, 5.74) is 1.03. The minimum atomic E-state index is -1.19. The third-order valence-corrected chi connectivity index (χ3v) is 4.09. The second-order valence-electron chi connectivity index (χ2n) is 6.16. The minimum Gasteiger partial charge on any atom is -0.467 e. The maximum Gasteiger partial charge on any atom is 0.331 e. The number of amides is 2. The van der Waals surface area contributed by atoms with Crippen molar-refractivity contribution in [2.45, 2.75) is 26.3 Å². The molecule has 2 aromatic rings. The Balaban J connectivity index is 2.39. The maximum atomic E-state index is 12.9. The molecule has 0 saturated heterocycles. The molecule has 0 fully saturated rings. The van der Waals surface area contributed by atoms with E-state index in [4.69, 9.17) is 16.3 Å². The van der Waals surface area contributed by atoms with Crippen molar-refractivity contribution in [2.75, 3.05) is 17.3 Å². The van der Waals surface area contributed by atoms with E-state index in [1.54, 1.807) is 50.2 Å². The molecule has 0 saturated carbocycles. The number of carbonyl (C=O) groups excluding carboxylic acids is 2. The first kappa shape index (κ1) is 18.8. The van der Waals surface area contributed by atoms with E-state index in [1.807, 2.05) is 19.1 Å². The van der Waals surface area contributed by atoms with Crippen molar-refractivity contribution >= 4 is 35.0 Å². The quantitative estimate of drug-likeness (QED) is 0.808. The number of aryl methyl sites for hydroxylation is 1. The SMILES string of the molecule is COC(=O)C(C)(C)N(C(=O)Nc1ccc(Cl)cc1)c1ccc(C)cc1. The van der Waals surface area contributed by atoms with Crippen molar-refractivity contribution in [3.63, 3.8) is 0 Å². The number of benzene rings is 2. The van der Waals surface area contributed by atoms with Crippen molar-refractivity contribution < 1.29 is 14.3 Å². The molecule has 0 radical (unpaired) electrons. The van der Waals surface area contributed by atoms with Gasteiger partial charge in [0.05, 0.1) is 7.11 Å². The van der Waals surface area contributed by atoms with Crippen LogP contribution in [-0.2, 0) is 9.53 Å². The lowest BCUT2D eigenvalue weighted by Crippen LogP contribution is -2.55. The predicted octanol–water partition coefficient (Wildman–Crippen LogP) is 4.64. The van der Waals surface area contributed by atoms with Crippen LogP contribution in [0.25, 0.3) is 0 Å². The van der Waals surface area contributed by atoms with Gasteiger partial charge in [0, 0.05) is 16.4 Å². The molecular weight excluding hydrogens is 340 g/mol. The molecule has 0 aliphatic carbocycles. The van der Waals surface area contributed by atoms with E-state index in [-0.39, 0.29) is 0 Å². The zero-order valence-electron chi connectivity index (χ0n) is 14.7. The van der Waals surface area contributed by atoms with Crippen LogP contribution in [0.15, 0.2) is 48.5 Å². The molecule has 2 rings (SSSR count). The fraction of sp³-hybridized carbons (Fsp3) is 0.263. The third kappa shape index (κ3) is 4.31. The van der Waals surface area contributed by atoms with Crippen molar-refractivity contribution in [2.24, 2.45) is 0 Å². The van der Waals surface area contributed by atoms with Gasteiger partial charge in [-0.05, 0) is 57.2 Å². The highest BCUT2D eigenvalue weighted by molar-refractivity contribution is 6.30. The number of urea groups is 1. The van der Waals surface area contributed by atoms with Crippen LogP contribution < -0.4 is 10.2 Å². The highest BCUT2D eigenvalue weighted by Gasteiger charge is 2.40. The van der Waals surface area contributed by atoms with E-state index in [0.29, 0.717) is 16.4 Å². The van der Waals surface area contributed by atoms with Gasteiger partial charge in [-0.1, -0.05) is 29.3 Å². The molecule has 25 heavy (non-hydrogen) atoms. The lowest BCUT2D eigenvalue weighted by atomic mass is 10.0. The first-order valence-corrected chi connectivity index (χ1v) is 8.15. The Labute approximate surface area is 152 Å². The number of nitrogens with one attached hydrogen (secondary N) is 1. The smallest absolute Gasteiger partial charge is 0.331 e. The number of nitrogens with zero attached hydrogens (tertiary/aromatic N) is 1. The Kier molecular flexibility index (Phi) is 5.69. The maximum absolute atomic E-state index is 12.9. The topological polar surface area (TPSA) is 58.6 Å². The Bertz CT molecular complexity index is 755. The largest absolute Gasteiger partial charge is 0.467 e. The van der Waals surface area contributed by atoms with Crippen LogP contribution in [0.4, 0.5) is 16.2 Å². The van der Waals surface area contributed by atoms with Crippen LogP contribution in [-0.4, -0.2) is 24.6 Å². The first-order chi connectivity index (χ1) is 11.8. The molecule has 0 aliphatic heterocycles. The average Bonchev–Trinajstić information content (AvgIpc) is 2.58. The molecule has 0 bridgehead atoms. The summed E-state index contributed by atoms with van der Waals surface area (Å²) in [5, 5.41) is 3.36. The number of ether oxygens (including phenoxy) is 1. The summed E-state index contributed by atoms with van der Waals surface area (Å²) in [6, 6.07) is 13.6. The van der Waals surface area contributed by atoms with Crippen LogP contribution in [0, 0.1) is 6.92 Å². The molecule has 0 aliphatic rings. The Morgan fingerprint density at radius 1 is 1.04 bits per heavy atom. The lowest BCUT2D eigenvalue weighted by molar-refractivity contribution is -0.145. The zero-order valence-corrected chi connectivity index (χ0v) is 15.4. The number of halogens is 1. The molecule has 0 unspecified atom stereocenters. The van der Waals surface area contributed by atoms with Crippen LogP contribution in [0.1, 0.15) is 19.4 Å². The van der Waals surface area contributed by atoms with E-state index in [2.05, 4.69) is 5.32 Å². The Morgan fingerprint density at radius 2 is 1.60 bits per heavy atom. The molecule has 0 aromatic heterocycles. The summed E-state index contributed by atoms with van der Waals surface area (Å²) in [4.78, 5) is 26.6. The molecule has 2 aromatic carbocycles. The molecular formula is C19H21ClN2O3. The summed E-state index contributed by atoms with van der Waals surface area (Å²) >= 11 is 5.87. The number of anilines is 2. The Morgan fingerprint density at radius 3 is 2.12 bits per heavy atom. The third-order valence-electron chi connectivity index (χ3n) is 3.83. The highest BCUT2D eigenvalue weighted by Crippen LogP contribution is 2.27. The van der Waals surface area contributed by atoms with Gasteiger partial charge in [0.2, 0.25) is 0 Å². The average molecular weight is 361 g/mol. The van der Waals surface area contributed by atoms with Crippen LogP contribution in [0.5, 0.6) is 0 Å². The molecule has 0 atom stereocenters. The van der Waals surface area contributed by atoms with Crippen molar-refractivity contribution in [3.05, 3.63) is 59.1 Å². The van der Waals surface area contributed by atoms with Gasteiger partial charge in [-0.15, -0.1) is 0 Å². The van der Waals surface area contributed by atoms with Gasteiger partial charge in [-0.25, -0.2) is 9.59 Å². The lowest BCUT2D eigenvalue weighted by Gasteiger charge is -2.36. The number of hydrogen-bond acceptors (Lipinski definition) is 3. The summed E-state index contributed by atoms with van der Waals surface area (Å²) in [6.45, 7) is 5.23. The predicted molar refractivity (Wildman–Crippen MR) is 100 cm³/mol. The molecule has 0 heterocycles. The van der Waals surface area contributed by atoms with Crippen LogP contribution >= 0.6 is 11.6 Å². The van der Waals surface area contributed by atoms with E-state index in [0.717, 1.165) is 5.56 Å². The second-order valence-corrected chi connectivity index (χ2v) is 6.60. The van der Waals surface area contributed by atoms with Crippen LogP contribution in [0.2, 0.25) is 5.02 Å². The zero-order chi connectivity index (χ0) is 18.6. The fourth-order valence-corrected chi connectivity index (χ4v) is 2.57. The molecule has 2 amide bonds. The number of rotatable bonds is 4. The standard InChI is InChI=1S/C19H21ClN2O3/c1-13-5-11-16(12-6-13)22(19(2,3)17(23)25-4)18(24)21-15-9-7-14(20)8-10-15/h5-12H,1-4H3,(H,21,24). The van der Waals surface area contributed by atoms with Gasteiger partial charge >= 0.3 is 12.0 Å². The normalized spacial score (nSPS) is 10.9. The second kappa shape index (κ2) is 7.57. The molecule has 0 spiro atoms. The summed E-state index contributed by atoms with van der Waals surface area (Å²) in [7, 11) is 1.30. The van der Waals surface area contributed by atoms with Gasteiger partial charge in [0.15, 0.2) is 0 Å². The molecule has 1 N–H and O–H groups in total. The number of methoxy groups -OCH3 is 1. The van der Waals surface area contributed by atoms with Crippen molar-refractivity contribution in [1.82, 2.24) is 0 Å².